The van der Waals surface area contributed by atoms with Crippen LogP contribution in [0.25, 0.3) is 0 Å². The molecule has 0 aliphatic rings. The van der Waals surface area contributed by atoms with Crippen molar-refractivity contribution in [2.75, 3.05) is 5.43 Å². The van der Waals surface area contributed by atoms with Crippen LogP contribution in [0.2, 0.25) is 10.0 Å². The van der Waals surface area contributed by atoms with Gasteiger partial charge in [-0.3, -0.25) is 5.43 Å². The van der Waals surface area contributed by atoms with Gasteiger partial charge < -0.3 is 0 Å². The van der Waals surface area contributed by atoms with E-state index in [1.165, 1.54) is 0 Å². The van der Waals surface area contributed by atoms with Gasteiger partial charge in [-0.05, 0) is 30.3 Å². The summed E-state index contributed by atoms with van der Waals surface area (Å²) < 4.78 is 64.1. The van der Waals surface area contributed by atoms with Gasteiger partial charge in [0, 0.05) is 5.56 Å². The van der Waals surface area contributed by atoms with Gasteiger partial charge in [0.05, 0.1) is 27.5 Å². The Morgan fingerprint density at radius 2 is 1.61 bits per heavy atom. The molecular weight excluding hydrogens is 362 g/mol. The molecule has 0 fully saturated rings. The molecule has 0 spiro atoms. The van der Waals surface area contributed by atoms with Crippen LogP contribution < -0.4 is 5.43 Å². The van der Waals surface area contributed by atoms with Crippen LogP contribution in [-0.4, -0.2) is 6.21 Å². The fourth-order valence-electron chi connectivity index (χ4n) is 1.62. The lowest BCUT2D eigenvalue weighted by Crippen LogP contribution is -2.05. The third kappa shape index (κ3) is 4.33. The summed E-state index contributed by atoms with van der Waals surface area (Å²) in [6.45, 7) is 0. The number of anilines is 1. The average molecular weight is 369 g/mol. The monoisotopic (exact) mass is 368 g/mol. The van der Waals surface area contributed by atoms with Crippen molar-refractivity contribution in [1.29, 1.82) is 0 Å². The minimum atomic E-state index is -4.60. The maximum atomic E-state index is 13.4. The fourth-order valence-corrected chi connectivity index (χ4v) is 2.20. The fraction of sp³-hybridized carbons (Fsp3) is 0.0714. The molecule has 2 rings (SSSR count). The zero-order valence-electron chi connectivity index (χ0n) is 11.1. The van der Waals surface area contributed by atoms with Crippen molar-refractivity contribution in [2.24, 2.45) is 5.10 Å². The van der Waals surface area contributed by atoms with Crippen LogP contribution in [0.5, 0.6) is 0 Å². The summed E-state index contributed by atoms with van der Waals surface area (Å²) >= 11 is 11.4. The SMILES string of the molecule is Fc1ccc(F)c(/C=N\Nc2c(Cl)cc(C(F)(F)F)cc2Cl)c1. The Morgan fingerprint density at radius 3 is 2.17 bits per heavy atom. The molecule has 0 amide bonds. The van der Waals surface area contributed by atoms with Crippen LogP contribution in [0.3, 0.4) is 0 Å². The van der Waals surface area contributed by atoms with Gasteiger partial charge in [0.15, 0.2) is 0 Å². The molecule has 0 unspecified atom stereocenters. The second kappa shape index (κ2) is 6.72. The van der Waals surface area contributed by atoms with E-state index >= 15 is 0 Å². The Bertz CT molecular complexity index is 736. The Labute approximate surface area is 137 Å². The standard InChI is InChI=1S/C14H7Cl2F5N2/c15-10-4-8(14(19,20)21)5-11(16)13(10)23-22-6-7-3-9(17)1-2-12(7)18/h1-6,23H/b22-6-. The molecule has 9 heteroatoms. The van der Waals surface area contributed by atoms with Crippen molar-refractivity contribution in [1.82, 2.24) is 0 Å². The van der Waals surface area contributed by atoms with Gasteiger partial charge in [0.2, 0.25) is 0 Å². The lowest BCUT2D eigenvalue weighted by Gasteiger charge is -2.11. The molecule has 0 bridgehead atoms. The minimum Gasteiger partial charge on any atom is -0.275 e. The van der Waals surface area contributed by atoms with E-state index in [0.717, 1.165) is 24.4 Å². The molecule has 0 aliphatic carbocycles. The lowest BCUT2D eigenvalue weighted by atomic mass is 10.2. The van der Waals surface area contributed by atoms with E-state index in [-0.39, 0.29) is 21.3 Å². The number of benzene rings is 2. The van der Waals surface area contributed by atoms with Crippen LogP contribution in [0.4, 0.5) is 27.6 Å². The summed E-state index contributed by atoms with van der Waals surface area (Å²) in [7, 11) is 0. The Hall–Kier alpha value is -1.86. The van der Waals surface area contributed by atoms with E-state index in [4.69, 9.17) is 23.2 Å². The van der Waals surface area contributed by atoms with Crippen molar-refractivity contribution in [3.8, 4) is 0 Å². The summed E-state index contributed by atoms with van der Waals surface area (Å²) in [6, 6.07) is 4.09. The molecule has 0 aliphatic heterocycles. The van der Waals surface area contributed by atoms with Gasteiger partial charge in [-0.2, -0.15) is 18.3 Å². The first-order valence-electron chi connectivity index (χ1n) is 5.99. The molecule has 0 radical (unpaired) electrons. The normalized spacial score (nSPS) is 12.0. The molecule has 23 heavy (non-hydrogen) atoms. The van der Waals surface area contributed by atoms with Crippen molar-refractivity contribution in [3.05, 3.63) is 63.1 Å². The van der Waals surface area contributed by atoms with Crippen LogP contribution in [-0.2, 0) is 6.18 Å². The first-order chi connectivity index (χ1) is 10.7. The molecule has 0 saturated heterocycles. The number of rotatable bonds is 3. The van der Waals surface area contributed by atoms with Gasteiger partial charge >= 0.3 is 6.18 Å². The zero-order valence-corrected chi connectivity index (χ0v) is 12.6. The molecule has 122 valence electrons. The molecule has 0 aromatic heterocycles. The van der Waals surface area contributed by atoms with E-state index in [9.17, 15) is 22.0 Å². The Kier molecular flexibility index (Phi) is 5.11. The number of halogens is 7. The van der Waals surface area contributed by atoms with E-state index in [0.29, 0.717) is 12.1 Å². The summed E-state index contributed by atoms with van der Waals surface area (Å²) in [5, 5.41) is 2.96. The second-order valence-electron chi connectivity index (χ2n) is 4.35. The smallest absolute Gasteiger partial charge is 0.275 e. The first kappa shape index (κ1) is 17.5. The van der Waals surface area contributed by atoms with Gasteiger partial charge in [0.25, 0.3) is 0 Å². The largest absolute Gasteiger partial charge is 0.416 e. The van der Waals surface area contributed by atoms with Crippen molar-refractivity contribution in [3.63, 3.8) is 0 Å². The van der Waals surface area contributed by atoms with E-state index in [1.807, 2.05) is 0 Å². The van der Waals surface area contributed by atoms with E-state index in [1.54, 1.807) is 0 Å². The van der Waals surface area contributed by atoms with E-state index < -0.39 is 23.4 Å². The highest BCUT2D eigenvalue weighted by atomic mass is 35.5. The Morgan fingerprint density at radius 1 is 1.00 bits per heavy atom. The quantitative estimate of drug-likeness (QED) is 0.417. The number of alkyl halides is 3. The summed E-state index contributed by atoms with van der Waals surface area (Å²) in [5.41, 5.74) is 1.04. The van der Waals surface area contributed by atoms with Crippen molar-refractivity contribution in [2.45, 2.75) is 6.18 Å². The molecule has 2 aromatic rings. The van der Waals surface area contributed by atoms with Crippen LogP contribution in [0.15, 0.2) is 35.4 Å². The summed E-state index contributed by atoms with van der Waals surface area (Å²) in [4.78, 5) is 0. The van der Waals surface area contributed by atoms with Gasteiger partial charge in [0.1, 0.15) is 11.6 Å². The topological polar surface area (TPSA) is 24.4 Å². The number of nitrogens with zero attached hydrogens (tertiary/aromatic N) is 1. The molecule has 0 saturated carbocycles. The van der Waals surface area contributed by atoms with Gasteiger partial charge in [-0.1, -0.05) is 23.2 Å². The molecular formula is C14H7Cl2F5N2. The molecule has 0 atom stereocenters. The number of hydrazone groups is 1. The highest BCUT2D eigenvalue weighted by Gasteiger charge is 2.32. The van der Waals surface area contributed by atoms with Crippen molar-refractivity contribution < 1.29 is 22.0 Å². The molecule has 2 nitrogen and oxygen atoms in total. The highest BCUT2D eigenvalue weighted by molar-refractivity contribution is 6.39. The van der Waals surface area contributed by atoms with Crippen LogP contribution >= 0.6 is 23.2 Å². The second-order valence-corrected chi connectivity index (χ2v) is 5.16. The maximum absolute atomic E-state index is 13.4. The third-order valence-electron chi connectivity index (χ3n) is 2.71. The summed E-state index contributed by atoms with van der Waals surface area (Å²) in [5.74, 6) is -1.39. The van der Waals surface area contributed by atoms with Crippen LogP contribution in [0.1, 0.15) is 11.1 Å². The summed E-state index contributed by atoms with van der Waals surface area (Å²) in [6.07, 6.45) is -3.65. The predicted octanol–water partition coefficient (Wildman–Crippen LogP) is 5.74. The number of hydrogen-bond acceptors (Lipinski definition) is 2. The van der Waals surface area contributed by atoms with Crippen LogP contribution in [0, 0.1) is 11.6 Å². The average Bonchev–Trinajstić information content (AvgIpc) is 2.44. The van der Waals surface area contributed by atoms with Gasteiger partial charge in [-0.25, -0.2) is 8.78 Å². The number of hydrogen-bond donors (Lipinski definition) is 1. The Balaban J connectivity index is 2.24. The maximum Gasteiger partial charge on any atom is 0.416 e. The molecule has 2 aromatic carbocycles. The van der Waals surface area contributed by atoms with Gasteiger partial charge in [-0.15, -0.1) is 0 Å². The highest BCUT2D eigenvalue weighted by Crippen LogP contribution is 2.38. The first-order valence-corrected chi connectivity index (χ1v) is 6.74. The predicted molar refractivity (Wildman–Crippen MR) is 79.0 cm³/mol. The number of nitrogens with one attached hydrogen (secondary N) is 1. The van der Waals surface area contributed by atoms with Crippen molar-refractivity contribution >= 4 is 35.1 Å². The third-order valence-corrected chi connectivity index (χ3v) is 3.30. The minimum absolute atomic E-state index is 0.0885. The molecule has 0 heterocycles. The zero-order chi connectivity index (χ0) is 17.2. The molecule has 1 N–H and O–H groups in total. The lowest BCUT2D eigenvalue weighted by molar-refractivity contribution is -0.137. The van der Waals surface area contributed by atoms with E-state index in [2.05, 4.69) is 10.5 Å².